The molecule has 0 aliphatic heterocycles. The quantitative estimate of drug-likeness (QED) is 0.889. The van der Waals surface area contributed by atoms with Crippen LogP contribution in [0.5, 0.6) is 0 Å². The van der Waals surface area contributed by atoms with Gasteiger partial charge in [-0.15, -0.1) is 0 Å². The first-order chi connectivity index (χ1) is 9.78. The Morgan fingerprint density at radius 1 is 1.10 bits per heavy atom. The van der Waals surface area contributed by atoms with Crippen LogP contribution in [0.4, 0.5) is 0 Å². The van der Waals surface area contributed by atoms with Crippen LogP contribution in [0, 0.1) is 24.7 Å². The molecule has 2 nitrogen and oxygen atoms in total. The van der Waals surface area contributed by atoms with Crippen LogP contribution in [-0.4, -0.2) is 12.0 Å². The lowest BCUT2D eigenvalue weighted by atomic mass is 9.65. The largest absolute Gasteiger partial charge is 0.313 e. The average molecular weight is 272 g/mol. The maximum atomic E-state index is 4.39. The minimum absolute atomic E-state index is 0.491. The fourth-order valence-corrected chi connectivity index (χ4v) is 4.64. The molecule has 2 aliphatic rings. The Labute approximate surface area is 123 Å². The fourth-order valence-electron chi connectivity index (χ4n) is 4.64. The lowest BCUT2D eigenvalue weighted by Crippen LogP contribution is -2.34. The zero-order valence-corrected chi connectivity index (χ0v) is 12.9. The van der Waals surface area contributed by atoms with E-state index >= 15 is 0 Å². The maximum Gasteiger partial charge on any atom is 0.0361 e. The summed E-state index contributed by atoms with van der Waals surface area (Å²) in [6, 6.07) is 2.80. The van der Waals surface area contributed by atoms with Crippen molar-refractivity contribution in [3.8, 4) is 0 Å². The summed E-state index contributed by atoms with van der Waals surface area (Å²) in [4.78, 5) is 4.39. The van der Waals surface area contributed by atoms with Gasteiger partial charge in [0.2, 0.25) is 0 Å². The second-order valence-electron chi connectivity index (χ2n) is 6.94. The third-order valence-electron chi connectivity index (χ3n) is 5.62. The van der Waals surface area contributed by atoms with Gasteiger partial charge in [-0.3, -0.25) is 4.98 Å². The average Bonchev–Trinajstić information content (AvgIpc) is 2.48. The normalized spacial score (nSPS) is 31.6. The molecule has 4 atom stereocenters. The number of fused-ring (bicyclic) bond motifs is 1. The molecule has 1 aromatic heterocycles. The van der Waals surface area contributed by atoms with E-state index in [0.717, 1.165) is 17.8 Å². The molecule has 2 heteroatoms. The second kappa shape index (κ2) is 6.26. The number of aromatic nitrogens is 1. The molecular weight excluding hydrogens is 244 g/mol. The zero-order chi connectivity index (χ0) is 13.9. The SMILES string of the molecule is CNC(c1cncc(C)c1)C1CCC2CCCCC2C1. The monoisotopic (exact) mass is 272 g/mol. The van der Waals surface area contributed by atoms with Gasteiger partial charge >= 0.3 is 0 Å². The third kappa shape index (κ3) is 2.90. The highest BCUT2D eigenvalue weighted by atomic mass is 14.9. The van der Waals surface area contributed by atoms with Crippen molar-refractivity contribution in [1.29, 1.82) is 0 Å². The summed E-state index contributed by atoms with van der Waals surface area (Å²) in [5, 5.41) is 3.57. The minimum Gasteiger partial charge on any atom is -0.313 e. The summed E-state index contributed by atoms with van der Waals surface area (Å²) >= 11 is 0. The first-order valence-electron chi connectivity index (χ1n) is 8.36. The number of hydrogen-bond acceptors (Lipinski definition) is 2. The molecule has 0 spiro atoms. The van der Waals surface area contributed by atoms with Crippen molar-refractivity contribution in [3.63, 3.8) is 0 Å². The number of pyridine rings is 1. The van der Waals surface area contributed by atoms with E-state index in [9.17, 15) is 0 Å². The summed E-state index contributed by atoms with van der Waals surface area (Å²) in [6.07, 6.45) is 14.2. The summed E-state index contributed by atoms with van der Waals surface area (Å²) in [7, 11) is 2.11. The summed E-state index contributed by atoms with van der Waals surface area (Å²) in [5.74, 6) is 2.83. The molecule has 0 saturated heterocycles. The number of aryl methyl sites for hydroxylation is 1. The molecule has 0 radical (unpaired) electrons. The predicted octanol–water partition coefficient (Wildman–Crippen LogP) is 4.26. The van der Waals surface area contributed by atoms with Gasteiger partial charge in [0.25, 0.3) is 0 Å². The van der Waals surface area contributed by atoms with E-state index in [-0.39, 0.29) is 0 Å². The third-order valence-corrected chi connectivity index (χ3v) is 5.62. The van der Waals surface area contributed by atoms with Gasteiger partial charge in [0.1, 0.15) is 0 Å². The number of hydrogen-bond donors (Lipinski definition) is 1. The van der Waals surface area contributed by atoms with Gasteiger partial charge in [0.05, 0.1) is 0 Å². The van der Waals surface area contributed by atoms with Crippen molar-refractivity contribution in [2.75, 3.05) is 7.05 Å². The Morgan fingerprint density at radius 2 is 1.90 bits per heavy atom. The second-order valence-corrected chi connectivity index (χ2v) is 6.94. The van der Waals surface area contributed by atoms with Crippen LogP contribution in [-0.2, 0) is 0 Å². The summed E-state index contributed by atoms with van der Waals surface area (Å²) < 4.78 is 0. The van der Waals surface area contributed by atoms with E-state index in [2.05, 4.69) is 36.5 Å². The molecule has 0 bridgehead atoms. The van der Waals surface area contributed by atoms with Gasteiger partial charge in [-0.25, -0.2) is 0 Å². The van der Waals surface area contributed by atoms with Crippen LogP contribution < -0.4 is 5.32 Å². The Balaban J connectivity index is 1.73. The predicted molar refractivity (Wildman–Crippen MR) is 83.6 cm³/mol. The Hall–Kier alpha value is -0.890. The highest BCUT2D eigenvalue weighted by Crippen LogP contribution is 2.46. The van der Waals surface area contributed by atoms with Gasteiger partial charge in [-0.05, 0) is 62.1 Å². The minimum atomic E-state index is 0.491. The molecule has 110 valence electrons. The van der Waals surface area contributed by atoms with Crippen LogP contribution in [0.1, 0.15) is 62.1 Å². The molecule has 3 rings (SSSR count). The van der Waals surface area contributed by atoms with Gasteiger partial charge in [-0.2, -0.15) is 0 Å². The molecule has 20 heavy (non-hydrogen) atoms. The molecule has 4 unspecified atom stereocenters. The molecule has 1 aromatic rings. The van der Waals surface area contributed by atoms with E-state index < -0.39 is 0 Å². The molecule has 0 amide bonds. The van der Waals surface area contributed by atoms with Crippen LogP contribution in [0.3, 0.4) is 0 Å². The number of nitrogens with zero attached hydrogens (tertiary/aromatic N) is 1. The van der Waals surface area contributed by atoms with E-state index in [1.807, 2.05) is 6.20 Å². The van der Waals surface area contributed by atoms with Crippen LogP contribution in [0.2, 0.25) is 0 Å². The van der Waals surface area contributed by atoms with Crippen molar-refractivity contribution in [3.05, 3.63) is 29.6 Å². The number of rotatable bonds is 3. The molecule has 1 N–H and O–H groups in total. The van der Waals surface area contributed by atoms with Gasteiger partial charge in [0, 0.05) is 18.4 Å². The van der Waals surface area contributed by atoms with Gasteiger partial charge in [0.15, 0.2) is 0 Å². The number of nitrogens with one attached hydrogen (secondary N) is 1. The van der Waals surface area contributed by atoms with Crippen LogP contribution in [0.15, 0.2) is 18.5 Å². The summed E-state index contributed by atoms with van der Waals surface area (Å²) in [6.45, 7) is 2.14. The lowest BCUT2D eigenvalue weighted by molar-refractivity contribution is 0.111. The molecule has 2 saturated carbocycles. The molecule has 2 aliphatic carbocycles. The fraction of sp³-hybridized carbons (Fsp3) is 0.722. The van der Waals surface area contributed by atoms with Crippen molar-refractivity contribution < 1.29 is 0 Å². The molecule has 0 aromatic carbocycles. The smallest absolute Gasteiger partial charge is 0.0361 e. The highest BCUT2D eigenvalue weighted by Gasteiger charge is 2.35. The van der Waals surface area contributed by atoms with Gasteiger partial charge in [-0.1, -0.05) is 31.7 Å². The Kier molecular flexibility index (Phi) is 4.40. The first kappa shape index (κ1) is 14.1. The van der Waals surface area contributed by atoms with Crippen molar-refractivity contribution >= 4 is 0 Å². The van der Waals surface area contributed by atoms with Gasteiger partial charge < -0.3 is 5.32 Å². The zero-order valence-electron chi connectivity index (χ0n) is 12.9. The van der Waals surface area contributed by atoms with E-state index in [4.69, 9.17) is 0 Å². The van der Waals surface area contributed by atoms with E-state index in [1.54, 1.807) is 0 Å². The molecule has 2 fully saturated rings. The first-order valence-corrected chi connectivity index (χ1v) is 8.36. The molecular formula is C18H28N2. The maximum absolute atomic E-state index is 4.39. The Morgan fingerprint density at radius 3 is 2.65 bits per heavy atom. The van der Waals surface area contributed by atoms with Crippen molar-refractivity contribution in [1.82, 2.24) is 10.3 Å². The lowest BCUT2D eigenvalue weighted by Gasteiger charge is -2.42. The Bertz CT molecular complexity index is 443. The molecule has 1 heterocycles. The standard InChI is InChI=1S/C18H28N2/c1-13-9-17(12-20-11-13)18(19-2)16-8-7-14-5-3-4-6-15(14)10-16/h9,11-12,14-16,18-19H,3-8,10H2,1-2H3. The van der Waals surface area contributed by atoms with Crippen LogP contribution in [0.25, 0.3) is 0 Å². The summed E-state index contributed by atoms with van der Waals surface area (Å²) in [5.41, 5.74) is 2.65. The van der Waals surface area contributed by atoms with E-state index in [1.165, 1.54) is 56.1 Å². The van der Waals surface area contributed by atoms with Crippen molar-refractivity contribution in [2.24, 2.45) is 17.8 Å². The highest BCUT2D eigenvalue weighted by molar-refractivity contribution is 5.21. The van der Waals surface area contributed by atoms with Crippen LogP contribution >= 0.6 is 0 Å². The van der Waals surface area contributed by atoms with E-state index in [0.29, 0.717) is 6.04 Å². The van der Waals surface area contributed by atoms with Crippen molar-refractivity contribution in [2.45, 2.75) is 57.9 Å². The topological polar surface area (TPSA) is 24.9 Å².